The van der Waals surface area contributed by atoms with Crippen molar-refractivity contribution in [1.82, 2.24) is 26.6 Å². The van der Waals surface area contributed by atoms with Gasteiger partial charge in [0.05, 0.1) is 7.11 Å². The second-order valence-corrected chi connectivity index (χ2v) is 12.6. The van der Waals surface area contributed by atoms with Crippen molar-refractivity contribution >= 4 is 35.7 Å². The summed E-state index contributed by atoms with van der Waals surface area (Å²) in [5.74, 6) is -3.56. The zero-order valence-electron chi connectivity index (χ0n) is 29.6. The molecule has 1 unspecified atom stereocenters. The summed E-state index contributed by atoms with van der Waals surface area (Å²) in [4.78, 5) is 78.2. The summed E-state index contributed by atoms with van der Waals surface area (Å²) in [6, 6.07) is 4.05. The molecule has 268 valence electrons. The highest BCUT2D eigenvalue weighted by molar-refractivity contribution is 5.96. The number of carbonyl (C=O) groups excluding carboxylic acids is 6. The smallest absolute Gasteiger partial charge is 0.408 e. The van der Waals surface area contributed by atoms with E-state index in [1.807, 2.05) is 39.0 Å². The summed E-state index contributed by atoms with van der Waals surface area (Å²) in [6.45, 7) is 16.4. The number of esters is 1. The third-order valence-electron chi connectivity index (χ3n) is 7.82. The van der Waals surface area contributed by atoms with E-state index in [1.54, 1.807) is 39.8 Å². The molecule has 0 fully saturated rings. The van der Waals surface area contributed by atoms with Crippen molar-refractivity contribution in [3.8, 4) is 0 Å². The van der Waals surface area contributed by atoms with Crippen molar-refractivity contribution in [1.29, 1.82) is 0 Å². The lowest BCUT2D eigenvalue weighted by Gasteiger charge is -2.28. The summed E-state index contributed by atoms with van der Waals surface area (Å²) in [5.41, 5.74) is 0.785. The predicted molar refractivity (Wildman–Crippen MR) is 182 cm³/mol. The van der Waals surface area contributed by atoms with Gasteiger partial charge in [-0.1, -0.05) is 91.3 Å². The second-order valence-electron chi connectivity index (χ2n) is 12.6. The standard InChI is InChI=1S/C35H55N5O8/c1-10-16-26(31(42)36-25(12-3)30(41)39-29(23(8)11-2)34(45)47-9)37-32(43)27(19-21(4)5)38-33(44)28(22(6)7)40-35(46)48-20-24-17-14-13-15-18-24/h10,13-15,17-18,21-23,25-29H,1,11-12,16,19-20H2,2-9H3,(H,36,42)(H,37,43)(H,38,44)(H,39,41)(H,40,46)/t23-,25-,26?,27-,28-,29-/m0/s1. The van der Waals surface area contributed by atoms with Crippen LogP contribution in [0.25, 0.3) is 0 Å². The Labute approximate surface area is 284 Å². The van der Waals surface area contributed by atoms with Crippen molar-refractivity contribution in [2.75, 3.05) is 7.11 Å². The molecule has 0 radical (unpaired) electrons. The van der Waals surface area contributed by atoms with Gasteiger partial charge in [0.1, 0.15) is 36.8 Å². The quantitative estimate of drug-likeness (QED) is 0.103. The van der Waals surface area contributed by atoms with E-state index in [0.29, 0.717) is 6.42 Å². The van der Waals surface area contributed by atoms with Crippen LogP contribution < -0.4 is 26.6 Å². The number of carbonyl (C=O) groups is 6. The van der Waals surface area contributed by atoms with Crippen LogP contribution in [0.5, 0.6) is 0 Å². The van der Waals surface area contributed by atoms with E-state index in [1.165, 1.54) is 13.2 Å². The first kappa shape index (κ1) is 41.6. The van der Waals surface area contributed by atoms with Gasteiger partial charge < -0.3 is 36.1 Å². The van der Waals surface area contributed by atoms with Gasteiger partial charge in [-0.25, -0.2) is 9.59 Å². The number of methoxy groups -OCH3 is 1. The molecule has 13 heteroatoms. The normalized spacial score (nSPS) is 14.7. The number of hydrogen-bond acceptors (Lipinski definition) is 8. The molecule has 5 N–H and O–H groups in total. The number of nitrogens with one attached hydrogen (secondary N) is 5. The molecule has 0 saturated heterocycles. The zero-order chi connectivity index (χ0) is 36.4. The Kier molecular flexibility index (Phi) is 18.6. The van der Waals surface area contributed by atoms with E-state index in [9.17, 15) is 28.8 Å². The van der Waals surface area contributed by atoms with E-state index < -0.39 is 65.9 Å². The van der Waals surface area contributed by atoms with Crippen LogP contribution in [-0.4, -0.2) is 73.0 Å². The largest absolute Gasteiger partial charge is 0.467 e. The fourth-order valence-electron chi connectivity index (χ4n) is 4.74. The van der Waals surface area contributed by atoms with Crippen LogP contribution in [0.15, 0.2) is 43.0 Å². The summed E-state index contributed by atoms with van der Waals surface area (Å²) in [5, 5.41) is 13.3. The minimum atomic E-state index is -1.11. The predicted octanol–water partition coefficient (Wildman–Crippen LogP) is 3.13. The summed E-state index contributed by atoms with van der Waals surface area (Å²) >= 11 is 0. The Bertz CT molecular complexity index is 1220. The lowest BCUT2D eigenvalue weighted by atomic mass is 9.98. The van der Waals surface area contributed by atoms with E-state index in [4.69, 9.17) is 9.47 Å². The summed E-state index contributed by atoms with van der Waals surface area (Å²) in [6.07, 6.45) is 1.78. The molecule has 0 aromatic heterocycles. The van der Waals surface area contributed by atoms with E-state index in [-0.39, 0.29) is 43.6 Å². The molecule has 0 aliphatic heterocycles. The van der Waals surface area contributed by atoms with Gasteiger partial charge in [-0.3, -0.25) is 19.2 Å². The van der Waals surface area contributed by atoms with Gasteiger partial charge in [-0.15, -0.1) is 6.58 Å². The molecule has 0 bridgehead atoms. The molecule has 13 nitrogen and oxygen atoms in total. The van der Waals surface area contributed by atoms with Crippen LogP contribution >= 0.6 is 0 Å². The topological polar surface area (TPSA) is 181 Å². The second kappa shape index (κ2) is 21.5. The highest BCUT2D eigenvalue weighted by atomic mass is 16.5. The minimum Gasteiger partial charge on any atom is -0.467 e. The molecule has 0 heterocycles. The molecule has 1 aromatic carbocycles. The van der Waals surface area contributed by atoms with Gasteiger partial charge in [-0.05, 0) is 42.6 Å². The van der Waals surface area contributed by atoms with E-state index in [0.717, 1.165) is 5.56 Å². The first-order valence-corrected chi connectivity index (χ1v) is 16.6. The molecule has 0 spiro atoms. The maximum absolute atomic E-state index is 13.5. The Morgan fingerprint density at radius 3 is 1.81 bits per heavy atom. The third-order valence-corrected chi connectivity index (χ3v) is 7.82. The van der Waals surface area contributed by atoms with Gasteiger partial charge >= 0.3 is 12.1 Å². The third kappa shape index (κ3) is 14.1. The van der Waals surface area contributed by atoms with E-state index >= 15 is 0 Å². The van der Waals surface area contributed by atoms with Gasteiger partial charge in [0.2, 0.25) is 23.6 Å². The first-order chi connectivity index (χ1) is 22.7. The van der Waals surface area contributed by atoms with Gasteiger partial charge in [0.25, 0.3) is 0 Å². The molecule has 0 saturated carbocycles. The average molecular weight is 674 g/mol. The minimum absolute atomic E-state index is 0.0181. The maximum Gasteiger partial charge on any atom is 0.408 e. The summed E-state index contributed by atoms with van der Waals surface area (Å²) < 4.78 is 10.1. The fraction of sp³-hybridized carbons (Fsp3) is 0.600. The first-order valence-electron chi connectivity index (χ1n) is 16.6. The van der Waals surface area contributed by atoms with Crippen molar-refractivity contribution in [3.05, 3.63) is 48.6 Å². The van der Waals surface area contributed by atoms with Crippen LogP contribution in [0.4, 0.5) is 4.79 Å². The van der Waals surface area contributed by atoms with E-state index in [2.05, 4.69) is 33.2 Å². The lowest BCUT2D eigenvalue weighted by Crippen LogP contribution is -2.59. The number of benzene rings is 1. The molecule has 5 amide bonds. The van der Waals surface area contributed by atoms with Crippen LogP contribution in [0, 0.1) is 17.8 Å². The zero-order valence-corrected chi connectivity index (χ0v) is 29.6. The number of hydrogen-bond donors (Lipinski definition) is 5. The van der Waals surface area contributed by atoms with Crippen molar-refractivity contribution in [3.63, 3.8) is 0 Å². The molecular formula is C35H55N5O8. The van der Waals surface area contributed by atoms with Crippen molar-refractivity contribution < 1.29 is 38.2 Å². The molecule has 48 heavy (non-hydrogen) atoms. The molecule has 6 atom stereocenters. The Morgan fingerprint density at radius 1 is 0.729 bits per heavy atom. The van der Waals surface area contributed by atoms with Gasteiger partial charge in [0.15, 0.2) is 0 Å². The number of ether oxygens (including phenoxy) is 2. The molecule has 1 rings (SSSR count). The van der Waals surface area contributed by atoms with Crippen LogP contribution in [0.1, 0.15) is 79.7 Å². The maximum atomic E-state index is 13.5. The molecule has 0 aliphatic rings. The highest BCUT2D eigenvalue weighted by Gasteiger charge is 2.33. The number of alkyl carbamates (subject to hydrolysis) is 1. The van der Waals surface area contributed by atoms with Crippen LogP contribution in [-0.2, 0) is 40.1 Å². The monoisotopic (exact) mass is 673 g/mol. The SMILES string of the molecule is C=CCC(NC(=O)[C@H](CC(C)C)NC(=O)[C@@H](NC(=O)OCc1ccccc1)C(C)C)C(=O)N[C@@H](CC)C(=O)N[C@H](C(=O)OC)[C@@H](C)CC. The lowest BCUT2D eigenvalue weighted by molar-refractivity contribution is -0.147. The number of rotatable bonds is 20. The average Bonchev–Trinajstić information content (AvgIpc) is 3.05. The molecule has 0 aliphatic carbocycles. The van der Waals surface area contributed by atoms with Crippen molar-refractivity contribution in [2.45, 2.75) is 111 Å². The highest BCUT2D eigenvalue weighted by Crippen LogP contribution is 2.12. The van der Waals surface area contributed by atoms with Crippen molar-refractivity contribution in [2.24, 2.45) is 17.8 Å². The number of amides is 5. The van der Waals surface area contributed by atoms with Gasteiger partial charge in [0, 0.05) is 0 Å². The molecule has 1 aromatic rings. The Morgan fingerprint density at radius 2 is 1.29 bits per heavy atom. The summed E-state index contributed by atoms with van der Waals surface area (Å²) in [7, 11) is 1.24. The van der Waals surface area contributed by atoms with Crippen LogP contribution in [0.2, 0.25) is 0 Å². The van der Waals surface area contributed by atoms with Crippen LogP contribution in [0.3, 0.4) is 0 Å². The Hall–Kier alpha value is -4.42. The Balaban J connectivity index is 3.02. The van der Waals surface area contributed by atoms with Gasteiger partial charge in [-0.2, -0.15) is 0 Å². The fourth-order valence-corrected chi connectivity index (χ4v) is 4.74. The molecular weight excluding hydrogens is 618 g/mol.